The summed E-state index contributed by atoms with van der Waals surface area (Å²) in [6.07, 6.45) is -0.251. The number of rotatable bonds is 8. The summed E-state index contributed by atoms with van der Waals surface area (Å²) in [6.45, 7) is 2.26. The first kappa shape index (κ1) is 27.4. The molecule has 3 heterocycles. The predicted molar refractivity (Wildman–Crippen MR) is 147 cm³/mol. The third-order valence-electron chi connectivity index (χ3n) is 6.67. The normalized spacial score (nSPS) is 11.4. The number of halogens is 3. The van der Waals surface area contributed by atoms with E-state index in [0.29, 0.717) is 64.2 Å². The molecule has 0 aliphatic heterocycles. The summed E-state index contributed by atoms with van der Waals surface area (Å²) < 4.78 is 44.2. The Balaban J connectivity index is 1.64. The predicted octanol–water partition coefficient (Wildman–Crippen LogP) is 5.39. The van der Waals surface area contributed by atoms with Crippen molar-refractivity contribution in [2.24, 2.45) is 0 Å². The largest absolute Gasteiger partial charge is 0.416 e. The standard InChI is InChI=1S/C29H25F3N8O/c1-18-23(24-12-14-36-40(24)22-10-8-19(16-33)9-11-22)17-39-27(37-28(38-39)35-13-4-7-25(41)34-2)26(18)20-5-3-6-21(15-20)29(30,31)32/h3,5-6,8-12,14-15,17H,4,7,13H2,1-2H3,(H,34,41)(H,35,38). The minimum Gasteiger partial charge on any atom is -0.359 e. The molecule has 0 fully saturated rings. The molecule has 5 rings (SSSR count). The maximum Gasteiger partial charge on any atom is 0.416 e. The summed E-state index contributed by atoms with van der Waals surface area (Å²) in [5.74, 6) is 0.202. The molecule has 12 heteroatoms. The van der Waals surface area contributed by atoms with Gasteiger partial charge in [0.15, 0.2) is 5.65 Å². The molecule has 208 valence electrons. The minimum atomic E-state index is -4.52. The summed E-state index contributed by atoms with van der Waals surface area (Å²) >= 11 is 0. The van der Waals surface area contributed by atoms with Crippen molar-refractivity contribution < 1.29 is 18.0 Å². The molecule has 41 heavy (non-hydrogen) atoms. The smallest absolute Gasteiger partial charge is 0.359 e. The first-order valence-corrected chi connectivity index (χ1v) is 12.8. The van der Waals surface area contributed by atoms with Crippen LogP contribution in [0.5, 0.6) is 0 Å². The quantitative estimate of drug-likeness (QED) is 0.247. The van der Waals surface area contributed by atoms with E-state index in [1.165, 1.54) is 10.6 Å². The van der Waals surface area contributed by atoms with Crippen LogP contribution in [0.4, 0.5) is 19.1 Å². The zero-order valence-corrected chi connectivity index (χ0v) is 22.2. The third kappa shape index (κ3) is 5.60. The Kier molecular flexibility index (Phi) is 7.43. The van der Waals surface area contributed by atoms with E-state index in [1.807, 2.05) is 6.92 Å². The maximum atomic E-state index is 13.7. The van der Waals surface area contributed by atoms with E-state index in [9.17, 15) is 18.0 Å². The monoisotopic (exact) mass is 558 g/mol. The van der Waals surface area contributed by atoms with E-state index in [1.54, 1.807) is 60.5 Å². The van der Waals surface area contributed by atoms with Gasteiger partial charge in [-0.25, -0.2) is 9.20 Å². The van der Waals surface area contributed by atoms with Gasteiger partial charge in [0.1, 0.15) is 0 Å². The van der Waals surface area contributed by atoms with Crippen LogP contribution in [0.3, 0.4) is 0 Å². The Hall–Kier alpha value is -5.18. The van der Waals surface area contributed by atoms with Crippen molar-refractivity contribution in [3.63, 3.8) is 0 Å². The lowest BCUT2D eigenvalue weighted by Gasteiger charge is -2.16. The van der Waals surface area contributed by atoms with Gasteiger partial charge in [-0.3, -0.25) is 4.79 Å². The van der Waals surface area contributed by atoms with Crippen LogP contribution in [-0.2, 0) is 11.0 Å². The van der Waals surface area contributed by atoms with Crippen LogP contribution in [0, 0.1) is 18.3 Å². The summed E-state index contributed by atoms with van der Waals surface area (Å²) in [5, 5.41) is 23.8. The van der Waals surface area contributed by atoms with E-state index < -0.39 is 11.7 Å². The Bertz CT molecular complexity index is 1760. The van der Waals surface area contributed by atoms with Crippen molar-refractivity contribution in [2.45, 2.75) is 25.9 Å². The molecule has 2 aromatic carbocycles. The molecule has 1 amide bonds. The highest BCUT2D eigenvalue weighted by molar-refractivity contribution is 5.87. The number of nitrogens with one attached hydrogen (secondary N) is 2. The highest BCUT2D eigenvalue weighted by Crippen LogP contribution is 2.38. The van der Waals surface area contributed by atoms with Crippen LogP contribution < -0.4 is 10.6 Å². The molecule has 2 N–H and O–H groups in total. The van der Waals surface area contributed by atoms with E-state index >= 15 is 0 Å². The molecule has 0 aliphatic rings. The van der Waals surface area contributed by atoms with Crippen LogP contribution in [0.1, 0.15) is 29.5 Å². The first-order chi connectivity index (χ1) is 19.7. The number of anilines is 1. The average molecular weight is 559 g/mol. The third-order valence-corrected chi connectivity index (χ3v) is 6.67. The molecule has 3 aromatic heterocycles. The molecule has 0 spiro atoms. The zero-order valence-electron chi connectivity index (χ0n) is 22.2. The highest BCUT2D eigenvalue weighted by Gasteiger charge is 2.31. The van der Waals surface area contributed by atoms with Gasteiger partial charge in [-0.1, -0.05) is 12.1 Å². The summed E-state index contributed by atoms with van der Waals surface area (Å²) in [7, 11) is 1.57. The number of fused-ring (bicyclic) bond motifs is 1. The fraction of sp³-hybridized carbons (Fsp3) is 0.207. The lowest BCUT2D eigenvalue weighted by Crippen LogP contribution is -2.18. The highest BCUT2D eigenvalue weighted by atomic mass is 19.4. The summed E-state index contributed by atoms with van der Waals surface area (Å²) in [5.41, 5.74) is 3.70. The lowest BCUT2D eigenvalue weighted by atomic mass is 9.95. The lowest BCUT2D eigenvalue weighted by molar-refractivity contribution is -0.137. The number of carbonyl (C=O) groups excluding carboxylic acids is 1. The number of aromatic nitrogens is 5. The Labute approximate surface area is 233 Å². The van der Waals surface area contributed by atoms with Gasteiger partial charge in [0, 0.05) is 37.3 Å². The number of nitriles is 1. The molecule has 0 unspecified atom stereocenters. The second-order valence-electron chi connectivity index (χ2n) is 9.32. The van der Waals surface area contributed by atoms with Gasteiger partial charge < -0.3 is 10.6 Å². The van der Waals surface area contributed by atoms with Gasteiger partial charge in [0.2, 0.25) is 11.9 Å². The molecule has 0 saturated carbocycles. The summed E-state index contributed by atoms with van der Waals surface area (Å²) in [6, 6.07) is 15.9. The summed E-state index contributed by atoms with van der Waals surface area (Å²) in [4.78, 5) is 16.1. The topological polar surface area (TPSA) is 113 Å². The number of nitrogens with zero attached hydrogens (tertiary/aromatic N) is 6. The van der Waals surface area contributed by atoms with Crippen molar-refractivity contribution in [1.29, 1.82) is 5.26 Å². The fourth-order valence-corrected chi connectivity index (χ4v) is 4.60. The van der Waals surface area contributed by atoms with E-state index in [2.05, 4.69) is 31.9 Å². The number of alkyl halides is 3. The van der Waals surface area contributed by atoms with Crippen molar-refractivity contribution in [3.8, 4) is 34.1 Å². The molecule has 0 aliphatic carbocycles. The van der Waals surface area contributed by atoms with Crippen LogP contribution in [0.2, 0.25) is 0 Å². The van der Waals surface area contributed by atoms with Gasteiger partial charge in [-0.2, -0.15) is 28.5 Å². The van der Waals surface area contributed by atoms with E-state index in [0.717, 1.165) is 12.1 Å². The number of benzene rings is 2. The number of pyridine rings is 1. The van der Waals surface area contributed by atoms with Gasteiger partial charge in [-0.05, 0) is 66.9 Å². The van der Waals surface area contributed by atoms with Crippen molar-refractivity contribution in [3.05, 3.63) is 83.7 Å². The number of carbonyl (C=O) groups is 1. The van der Waals surface area contributed by atoms with Gasteiger partial charge in [0.05, 0.1) is 34.8 Å². The Morgan fingerprint density at radius 1 is 1.12 bits per heavy atom. The molecule has 0 bridgehead atoms. The van der Waals surface area contributed by atoms with Crippen molar-refractivity contribution in [1.82, 2.24) is 29.7 Å². The van der Waals surface area contributed by atoms with Gasteiger partial charge >= 0.3 is 6.18 Å². The second-order valence-corrected chi connectivity index (χ2v) is 9.32. The second kappa shape index (κ2) is 11.1. The number of hydrogen-bond acceptors (Lipinski definition) is 6. The fourth-order valence-electron chi connectivity index (χ4n) is 4.60. The number of amides is 1. The molecular formula is C29H25F3N8O. The van der Waals surface area contributed by atoms with Crippen LogP contribution in [-0.4, -0.2) is 43.9 Å². The molecule has 0 radical (unpaired) electrons. The van der Waals surface area contributed by atoms with E-state index in [-0.39, 0.29) is 11.9 Å². The maximum absolute atomic E-state index is 13.7. The average Bonchev–Trinajstić information content (AvgIpc) is 3.61. The van der Waals surface area contributed by atoms with Gasteiger partial charge in [0.25, 0.3) is 0 Å². The van der Waals surface area contributed by atoms with Crippen molar-refractivity contribution >= 4 is 17.5 Å². The Morgan fingerprint density at radius 3 is 2.61 bits per heavy atom. The SMILES string of the molecule is CNC(=O)CCCNc1nc2c(-c3cccc(C(F)(F)F)c3)c(C)c(-c3ccnn3-c3ccc(C#N)cc3)cn2n1. The molecular weight excluding hydrogens is 533 g/mol. The molecule has 0 saturated heterocycles. The Morgan fingerprint density at radius 2 is 1.90 bits per heavy atom. The minimum absolute atomic E-state index is 0.0827. The molecule has 9 nitrogen and oxygen atoms in total. The van der Waals surface area contributed by atoms with Gasteiger partial charge in [-0.15, -0.1) is 5.10 Å². The molecule has 0 atom stereocenters. The molecule has 5 aromatic rings. The first-order valence-electron chi connectivity index (χ1n) is 12.8. The van der Waals surface area contributed by atoms with E-state index in [4.69, 9.17) is 5.26 Å². The number of hydrogen-bond donors (Lipinski definition) is 2. The van der Waals surface area contributed by atoms with Crippen LogP contribution >= 0.6 is 0 Å². The van der Waals surface area contributed by atoms with Crippen LogP contribution in [0.25, 0.3) is 33.7 Å². The zero-order chi connectivity index (χ0) is 29.1. The van der Waals surface area contributed by atoms with Crippen LogP contribution in [0.15, 0.2) is 67.0 Å². The van der Waals surface area contributed by atoms with Crippen molar-refractivity contribution in [2.75, 3.05) is 18.9 Å².